The topological polar surface area (TPSA) is 64.1 Å². The quantitative estimate of drug-likeness (QED) is 0.689. The number of carbonyl (C=O) groups excluding carboxylic acids is 1. The first-order chi connectivity index (χ1) is 6.40. The van der Waals surface area contributed by atoms with Crippen LogP contribution in [-0.2, 0) is 9.84 Å². The van der Waals surface area contributed by atoms with E-state index >= 15 is 0 Å². The van der Waals surface area contributed by atoms with Crippen molar-refractivity contribution < 1.29 is 17.6 Å². The van der Waals surface area contributed by atoms with Gasteiger partial charge < -0.3 is 0 Å². The minimum absolute atomic E-state index is 0.245. The van der Waals surface area contributed by atoms with Gasteiger partial charge in [-0.3, -0.25) is 9.78 Å². The molecule has 6 heteroatoms. The standard InChI is InChI=1S/C8H8FNO3S/c1-14(12,13)5-8(11)6-2-3-10-4-7(6)9/h2-4H,5H2,1H3. The molecule has 0 fully saturated rings. The van der Waals surface area contributed by atoms with E-state index in [1.54, 1.807) is 0 Å². The number of nitrogens with zero attached hydrogens (tertiary/aromatic N) is 1. The molecule has 0 aliphatic rings. The van der Waals surface area contributed by atoms with Crippen LogP contribution in [-0.4, -0.2) is 31.2 Å². The smallest absolute Gasteiger partial charge is 0.180 e. The van der Waals surface area contributed by atoms with Crippen molar-refractivity contribution in [2.45, 2.75) is 0 Å². The first-order valence-corrected chi connectivity index (χ1v) is 5.76. The fraction of sp³-hybridized carbons (Fsp3) is 0.250. The predicted octanol–water partition coefficient (Wildman–Crippen LogP) is 0.448. The number of halogens is 1. The number of hydrogen-bond donors (Lipinski definition) is 0. The molecule has 0 atom stereocenters. The maximum Gasteiger partial charge on any atom is 0.180 e. The molecule has 76 valence electrons. The Hall–Kier alpha value is -1.30. The third-order valence-corrected chi connectivity index (χ3v) is 2.25. The number of carbonyl (C=O) groups is 1. The fourth-order valence-corrected chi connectivity index (χ4v) is 1.55. The van der Waals surface area contributed by atoms with Crippen molar-refractivity contribution in [1.29, 1.82) is 0 Å². The summed E-state index contributed by atoms with van der Waals surface area (Å²) in [6.45, 7) is 0. The molecule has 1 aromatic rings. The SMILES string of the molecule is CS(=O)(=O)CC(=O)c1ccncc1F. The van der Waals surface area contributed by atoms with Crippen LogP contribution in [0.25, 0.3) is 0 Å². The summed E-state index contributed by atoms with van der Waals surface area (Å²) in [5.74, 6) is -2.25. The molecular weight excluding hydrogens is 209 g/mol. The zero-order valence-corrected chi connectivity index (χ0v) is 8.21. The lowest BCUT2D eigenvalue weighted by molar-refractivity contribution is 0.101. The molecule has 0 aliphatic heterocycles. The summed E-state index contributed by atoms with van der Waals surface area (Å²) < 4.78 is 34.5. The molecule has 0 saturated carbocycles. The molecule has 1 rings (SSSR count). The van der Waals surface area contributed by atoms with Gasteiger partial charge in [0.05, 0.1) is 11.8 Å². The number of sulfone groups is 1. The lowest BCUT2D eigenvalue weighted by Gasteiger charge is -1.99. The van der Waals surface area contributed by atoms with Crippen molar-refractivity contribution in [3.8, 4) is 0 Å². The average molecular weight is 217 g/mol. The maximum atomic E-state index is 12.9. The van der Waals surface area contributed by atoms with Gasteiger partial charge in [0.2, 0.25) is 0 Å². The molecule has 0 unspecified atom stereocenters. The minimum atomic E-state index is -3.42. The summed E-state index contributed by atoms with van der Waals surface area (Å²) in [4.78, 5) is 14.7. The van der Waals surface area contributed by atoms with Crippen molar-refractivity contribution in [2.24, 2.45) is 0 Å². The molecule has 0 saturated heterocycles. The molecule has 14 heavy (non-hydrogen) atoms. The molecule has 0 aliphatic carbocycles. The molecular formula is C8H8FNO3S. The summed E-state index contributed by atoms with van der Waals surface area (Å²) >= 11 is 0. The number of ketones is 1. The van der Waals surface area contributed by atoms with Gasteiger partial charge in [0.15, 0.2) is 21.4 Å². The Morgan fingerprint density at radius 3 is 2.71 bits per heavy atom. The Labute approximate surface area is 80.7 Å². The van der Waals surface area contributed by atoms with E-state index < -0.39 is 27.2 Å². The molecule has 1 aromatic heterocycles. The number of hydrogen-bond acceptors (Lipinski definition) is 4. The zero-order valence-electron chi connectivity index (χ0n) is 7.40. The molecule has 0 bridgehead atoms. The Kier molecular flexibility index (Phi) is 2.95. The van der Waals surface area contributed by atoms with E-state index in [9.17, 15) is 17.6 Å². The molecule has 0 N–H and O–H groups in total. The summed E-state index contributed by atoms with van der Waals surface area (Å²) in [6.07, 6.45) is 3.03. The highest BCUT2D eigenvalue weighted by Gasteiger charge is 2.16. The Bertz CT molecular complexity index is 455. The largest absolute Gasteiger partial charge is 0.293 e. The summed E-state index contributed by atoms with van der Waals surface area (Å²) in [5.41, 5.74) is -0.245. The van der Waals surface area contributed by atoms with Crippen LogP contribution in [0.3, 0.4) is 0 Å². The van der Waals surface area contributed by atoms with E-state index in [0.29, 0.717) is 0 Å². The normalized spacial score (nSPS) is 11.3. The summed E-state index contributed by atoms with van der Waals surface area (Å²) in [6, 6.07) is 1.16. The van der Waals surface area contributed by atoms with Crippen LogP contribution in [0, 0.1) is 5.82 Å². The van der Waals surface area contributed by atoms with Crippen LogP contribution < -0.4 is 0 Å². The highest BCUT2D eigenvalue weighted by atomic mass is 32.2. The van der Waals surface area contributed by atoms with Crippen molar-refractivity contribution in [1.82, 2.24) is 4.98 Å². The maximum absolute atomic E-state index is 12.9. The van der Waals surface area contributed by atoms with Gasteiger partial charge in [-0.05, 0) is 6.07 Å². The second-order valence-electron chi connectivity index (χ2n) is 2.85. The van der Waals surface area contributed by atoms with Gasteiger partial charge in [-0.2, -0.15) is 0 Å². The highest BCUT2D eigenvalue weighted by molar-refractivity contribution is 7.91. The second-order valence-corrected chi connectivity index (χ2v) is 4.99. The van der Waals surface area contributed by atoms with Crippen molar-refractivity contribution in [2.75, 3.05) is 12.0 Å². The Morgan fingerprint density at radius 2 is 2.21 bits per heavy atom. The van der Waals surface area contributed by atoms with Crippen molar-refractivity contribution >= 4 is 15.6 Å². The van der Waals surface area contributed by atoms with Gasteiger partial charge >= 0.3 is 0 Å². The van der Waals surface area contributed by atoms with Crippen LogP contribution in [0.2, 0.25) is 0 Å². The molecule has 0 aromatic carbocycles. The first-order valence-electron chi connectivity index (χ1n) is 3.70. The second kappa shape index (κ2) is 3.83. The van der Waals surface area contributed by atoms with E-state index in [-0.39, 0.29) is 5.56 Å². The number of pyridine rings is 1. The highest BCUT2D eigenvalue weighted by Crippen LogP contribution is 2.06. The Balaban J connectivity index is 2.97. The molecule has 4 nitrogen and oxygen atoms in total. The lowest BCUT2D eigenvalue weighted by Crippen LogP contribution is -2.15. The molecule has 0 amide bonds. The summed E-state index contributed by atoms with van der Waals surface area (Å²) in [5, 5.41) is 0. The Morgan fingerprint density at radius 1 is 1.57 bits per heavy atom. The van der Waals surface area contributed by atoms with E-state index in [1.807, 2.05) is 0 Å². The predicted molar refractivity (Wildman–Crippen MR) is 48.2 cm³/mol. The average Bonchev–Trinajstić information content (AvgIpc) is 2.01. The van der Waals surface area contributed by atoms with Gasteiger partial charge in [-0.1, -0.05) is 0 Å². The van der Waals surface area contributed by atoms with Crippen LogP contribution in [0.4, 0.5) is 4.39 Å². The molecule has 1 heterocycles. The molecule has 0 spiro atoms. The van der Waals surface area contributed by atoms with Crippen molar-refractivity contribution in [3.05, 3.63) is 29.8 Å². The lowest BCUT2D eigenvalue weighted by atomic mass is 10.2. The van der Waals surface area contributed by atoms with E-state index in [1.165, 1.54) is 6.20 Å². The van der Waals surface area contributed by atoms with Gasteiger partial charge in [-0.25, -0.2) is 12.8 Å². The van der Waals surface area contributed by atoms with Crippen molar-refractivity contribution in [3.63, 3.8) is 0 Å². The van der Waals surface area contributed by atoms with E-state index in [2.05, 4.69) is 4.98 Å². The first kappa shape index (κ1) is 10.8. The van der Waals surface area contributed by atoms with Gasteiger partial charge in [0, 0.05) is 12.5 Å². The minimum Gasteiger partial charge on any atom is -0.293 e. The third kappa shape index (κ3) is 2.88. The number of Topliss-reactive ketones (excluding diaryl/α,β-unsaturated/α-hetero) is 1. The van der Waals surface area contributed by atoms with E-state index in [4.69, 9.17) is 0 Å². The van der Waals surface area contributed by atoms with Crippen LogP contribution in [0.1, 0.15) is 10.4 Å². The molecule has 0 radical (unpaired) electrons. The van der Waals surface area contributed by atoms with Crippen LogP contribution in [0.15, 0.2) is 18.5 Å². The van der Waals surface area contributed by atoms with Gasteiger partial charge in [0.1, 0.15) is 5.75 Å². The van der Waals surface area contributed by atoms with Crippen LogP contribution >= 0.6 is 0 Å². The van der Waals surface area contributed by atoms with Crippen LogP contribution in [0.5, 0.6) is 0 Å². The third-order valence-electron chi connectivity index (χ3n) is 1.47. The summed E-state index contributed by atoms with van der Waals surface area (Å²) in [7, 11) is -3.42. The van der Waals surface area contributed by atoms with E-state index in [0.717, 1.165) is 18.5 Å². The monoisotopic (exact) mass is 217 g/mol. The number of rotatable bonds is 3. The van der Waals surface area contributed by atoms with Gasteiger partial charge in [0.25, 0.3) is 0 Å². The fourth-order valence-electron chi connectivity index (χ4n) is 0.917. The van der Waals surface area contributed by atoms with Gasteiger partial charge in [-0.15, -0.1) is 0 Å². The zero-order chi connectivity index (χ0) is 10.8. The number of aromatic nitrogens is 1.